The number of hydrogen-bond donors (Lipinski definition) is 2. The van der Waals surface area contributed by atoms with Crippen LogP contribution in [0.3, 0.4) is 0 Å². The number of nitrogens with one attached hydrogen (secondary N) is 1. The van der Waals surface area contributed by atoms with Gasteiger partial charge in [0, 0.05) is 6.07 Å². The summed E-state index contributed by atoms with van der Waals surface area (Å²) in [5, 5.41) is 10.6. The second-order valence-corrected chi connectivity index (χ2v) is 4.87. The van der Waals surface area contributed by atoms with Crippen LogP contribution in [0.15, 0.2) is 29.7 Å². The van der Waals surface area contributed by atoms with Crippen LogP contribution in [0.5, 0.6) is 11.5 Å². The van der Waals surface area contributed by atoms with Gasteiger partial charge >= 0.3 is 0 Å². The summed E-state index contributed by atoms with van der Waals surface area (Å²) < 4.78 is 11.6. The summed E-state index contributed by atoms with van der Waals surface area (Å²) in [5.41, 5.74) is 0.568. The topological polar surface area (TPSA) is 104 Å². The van der Waals surface area contributed by atoms with Gasteiger partial charge in [0.05, 0.1) is 25.7 Å². The van der Waals surface area contributed by atoms with E-state index in [2.05, 4.69) is 15.5 Å². The molecule has 0 unspecified atom stereocenters. The van der Waals surface area contributed by atoms with Crippen molar-refractivity contribution in [3.63, 3.8) is 0 Å². The number of hydrogen-bond acceptors (Lipinski definition) is 7. The van der Waals surface area contributed by atoms with Crippen molar-refractivity contribution in [2.45, 2.75) is 5.16 Å². The maximum Gasteiger partial charge on any atom is 0.234 e. The van der Waals surface area contributed by atoms with Crippen molar-refractivity contribution in [1.29, 1.82) is 0 Å². The zero-order chi connectivity index (χ0) is 15.2. The zero-order valence-electron chi connectivity index (χ0n) is 11.6. The van der Waals surface area contributed by atoms with Crippen LogP contribution in [0.2, 0.25) is 0 Å². The van der Waals surface area contributed by atoms with Crippen LogP contribution < -0.4 is 20.6 Å². The molecule has 0 fully saturated rings. The average Bonchev–Trinajstić information content (AvgIpc) is 2.91. The van der Waals surface area contributed by atoms with Gasteiger partial charge in [0.25, 0.3) is 0 Å². The predicted octanol–water partition coefficient (Wildman–Crippen LogP) is 0.740. The number of carbonyl (C=O) groups excluding carboxylic acids is 1. The monoisotopic (exact) mass is 309 g/mol. The van der Waals surface area contributed by atoms with Crippen molar-refractivity contribution in [1.82, 2.24) is 14.9 Å². The number of thioether (sulfide) groups is 1. The second-order valence-electron chi connectivity index (χ2n) is 3.92. The molecule has 0 radical (unpaired) electrons. The van der Waals surface area contributed by atoms with Crippen LogP contribution in [-0.2, 0) is 4.79 Å². The highest BCUT2D eigenvalue weighted by Gasteiger charge is 2.11. The number of ether oxygens (including phenoxy) is 2. The van der Waals surface area contributed by atoms with Crippen LogP contribution in [0, 0.1) is 0 Å². The molecule has 0 aliphatic rings. The Bertz CT molecular complexity index is 631. The van der Waals surface area contributed by atoms with E-state index in [1.807, 2.05) is 0 Å². The number of carbonyl (C=O) groups is 1. The Hall–Kier alpha value is -2.42. The van der Waals surface area contributed by atoms with Crippen LogP contribution in [0.1, 0.15) is 0 Å². The third-order valence-electron chi connectivity index (χ3n) is 2.56. The van der Waals surface area contributed by atoms with Gasteiger partial charge in [-0.2, -0.15) is 0 Å². The van der Waals surface area contributed by atoms with Crippen molar-refractivity contribution in [2.75, 3.05) is 31.1 Å². The fourth-order valence-corrected chi connectivity index (χ4v) is 2.19. The highest BCUT2D eigenvalue weighted by molar-refractivity contribution is 7.99. The molecule has 21 heavy (non-hydrogen) atoms. The normalized spacial score (nSPS) is 10.2. The minimum absolute atomic E-state index is 0.158. The molecule has 0 spiro atoms. The van der Waals surface area contributed by atoms with Gasteiger partial charge in [-0.15, -0.1) is 10.2 Å². The molecule has 0 saturated carbocycles. The molecule has 1 heterocycles. The molecule has 112 valence electrons. The van der Waals surface area contributed by atoms with Crippen LogP contribution >= 0.6 is 11.8 Å². The number of anilines is 1. The number of nitrogens with two attached hydrogens (primary N) is 1. The van der Waals surface area contributed by atoms with E-state index in [1.54, 1.807) is 25.3 Å². The van der Waals surface area contributed by atoms with E-state index >= 15 is 0 Å². The van der Waals surface area contributed by atoms with Gasteiger partial charge in [0.15, 0.2) is 0 Å². The van der Waals surface area contributed by atoms with E-state index in [0.29, 0.717) is 22.3 Å². The van der Waals surface area contributed by atoms with E-state index in [0.717, 1.165) is 0 Å². The van der Waals surface area contributed by atoms with E-state index < -0.39 is 0 Å². The van der Waals surface area contributed by atoms with Crippen LogP contribution in [0.25, 0.3) is 0 Å². The van der Waals surface area contributed by atoms with Gasteiger partial charge < -0.3 is 20.6 Å². The number of rotatable bonds is 6. The summed E-state index contributed by atoms with van der Waals surface area (Å²) >= 11 is 1.19. The van der Waals surface area contributed by atoms with E-state index in [-0.39, 0.29) is 11.7 Å². The first-order valence-electron chi connectivity index (χ1n) is 5.94. The Labute approximate surface area is 125 Å². The molecule has 1 aromatic carbocycles. The van der Waals surface area contributed by atoms with Crippen molar-refractivity contribution in [3.8, 4) is 11.5 Å². The summed E-state index contributed by atoms with van der Waals surface area (Å²) in [5.74, 6) is 6.69. The van der Waals surface area contributed by atoms with Gasteiger partial charge in [-0.05, 0) is 12.1 Å². The average molecular weight is 309 g/mol. The highest BCUT2D eigenvalue weighted by atomic mass is 32.2. The van der Waals surface area contributed by atoms with Crippen molar-refractivity contribution < 1.29 is 14.3 Å². The van der Waals surface area contributed by atoms with Gasteiger partial charge in [0.1, 0.15) is 17.8 Å². The third kappa shape index (κ3) is 3.78. The maximum atomic E-state index is 11.9. The lowest BCUT2D eigenvalue weighted by atomic mass is 10.2. The molecule has 8 nitrogen and oxygen atoms in total. The Kier molecular flexibility index (Phi) is 4.88. The maximum absolute atomic E-state index is 11.9. The summed E-state index contributed by atoms with van der Waals surface area (Å²) in [6.07, 6.45) is 1.37. The molecule has 2 rings (SSSR count). The zero-order valence-corrected chi connectivity index (χ0v) is 12.4. The van der Waals surface area contributed by atoms with Crippen molar-refractivity contribution in [2.24, 2.45) is 0 Å². The lowest BCUT2D eigenvalue weighted by Gasteiger charge is -2.11. The first kappa shape index (κ1) is 15.0. The highest BCUT2D eigenvalue weighted by Crippen LogP contribution is 2.29. The van der Waals surface area contributed by atoms with Crippen molar-refractivity contribution in [3.05, 3.63) is 24.5 Å². The number of methoxy groups -OCH3 is 2. The fraction of sp³-hybridized carbons (Fsp3) is 0.250. The Morgan fingerprint density at radius 2 is 2.24 bits per heavy atom. The Morgan fingerprint density at radius 1 is 1.43 bits per heavy atom. The number of nitrogens with zero attached hydrogens (tertiary/aromatic N) is 3. The number of amides is 1. The summed E-state index contributed by atoms with van der Waals surface area (Å²) in [6.45, 7) is 0. The molecule has 1 amide bonds. The van der Waals surface area contributed by atoms with E-state index in [4.69, 9.17) is 15.3 Å². The van der Waals surface area contributed by atoms with E-state index in [1.165, 1.54) is 29.9 Å². The molecule has 0 aliphatic heterocycles. The first-order chi connectivity index (χ1) is 10.1. The van der Waals surface area contributed by atoms with Crippen LogP contribution in [0.4, 0.5) is 5.69 Å². The largest absolute Gasteiger partial charge is 0.497 e. The second kappa shape index (κ2) is 6.84. The molecule has 2 aromatic rings. The Morgan fingerprint density at radius 3 is 2.86 bits per heavy atom. The molecule has 3 N–H and O–H groups in total. The molecule has 9 heteroatoms. The van der Waals surface area contributed by atoms with Gasteiger partial charge in [-0.1, -0.05) is 11.8 Å². The predicted molar refractivity (Wildman–Crippen MR) is 79.1 cm³/mol. The number of nitrogen functional groups attached to an aromatic ring is 1. The van der Waals surface area contributed by atoms with Gasteiger partial charge in [-0.25, -0.2) is 4.68 Å². The lowest BCUT2D eigenvalue weighted by Crippen LogP contribution is -2.16. The smallest absolute Gasteiger partial charge is 0.234 e. The quantitative estimate of drug-likeness (QED) is 0.599. The third-order valence-corrected chi connectivity index (χ3v) is 3.51. The fourth-order valence-electron chi connectivity index (χ4n) is 1.55. The minimum Gasteiger partial charge on any atom is -0.497 e. The molecular weight excluding hydrogens is 294 g/mol. The standard InChI is InChI=1S/C12H15N5O3S/c1-19-8-3-4-9(10(5-8)20-2)15-11(18)6-21-12-16-14-7-17(12)13/h3-5,7H,6,13H2,1-2H3,(H,15,18). The first-order valence-corrected chi connectivity index (χ1v) is 6.92. The molecule has 0 aliphatic carbocycles. The lowest BCUT2D eigenvalue weighted by molar-refractivity contribution is -0.113. The van der Waals surface area contributed by atoms with Gasteiger partial charge in [0.2, 0.25) is 11.1 Å². The molecule has 0 bridgehead atoms. The van der Waals surface area contributed by atoms with E-state index in [9.17, 15) is 4.79 Å². The summed E-state index contributed by atoms with van der Waals surface area (Å²) in [7, 11) is 3.09. The van der Waals surface area contributed by atoms with Gasteiger partial charge in [-0.3, -0.25) is 4.79 Å². The summed E-state index contributed by atoms with van der Waals surface area (Å²) in [4.78, 5) is 11.9. The molecule has 0 atom stereocenters. The SMILES string of the molecule is COc1ccc(NC(=O)CSc2nncn2N)c(OC)c1. The molecule has 1 aromatic heterocycles. The molecule has 0 saturated heterocycles. The molecular formula is C12H15N5O3S. The number of benzene rings is 1. The summed E-state index contributed by atoms with van der Waals surface area (Å²) in [6, 6.07) is 5.15. The minimum atomic E-state index is -0.202. The van der Waals surface area contributed by atoms with Crippen LogP contribution in [-0.4, -0.2) is 40.8 Å². The Balaban J connectivity index is 1.97. The van der Waals surface area contributed by atoms with Crippen molar-refractivity contribution >= 4 is 23.4 Å². The number of aromatic nitrogens is 3.